The monoisotopic (exact) mass is 378 g/mol. The molecule has 3 heteroatoms. The van der Waals surface area contributed by atoms with Crippen molar-refractivity contribution in [2.45, 2.75) is 39.5 Å². The number of phenolic OH excluding ortho intramolecular Hbond substituents is 1. The summed E-state index contributed by atoms with van der Waals surface area (Å²) < 4.78 is 14.4. The van der Waals surface area contributed by atoms with E-state index in [1.54, 1.807) is 18.2 Å². The maximum atomic E-state index is 14.4. The zero-order valence-corrected chi connectivity index (χ0v) is 17.3. The Labute approximate surface area is 162 Å². The molecule has 0 bridgehead atoms. The van der Waals surface area contributed by atoms with Gasteiger partial charge >= 0.3 is 0 Å². The largest absolute Gasteiger partial charge is 0.507 e. The Hall–Kier alpha value is -2.31. The van der Waals surface area contributed by atoms with E-state index in [-0.39, 0.29) is 5.75 Å². The Morgan fingerprint density at radius 1 is 0.667 bits per heavy atom. The molecule has 0 fully saturated rings. The van der Waals surface area contributed by atoms with Gasteiger partial charge in [0.15, 0.2) is 7.14 Å². The number of para-hydroxylation sites is 1. The summed E-state index contributed by atoms with van der Waals surface area (Å²) in [5, 5.41) is 12.5. The van der Waals surface area contributed by atoms with Crippen LogP contribution in [0.5, 0.6) is 5.75 Å². The van der Waals surface area contributed by atoms with Crippen LogP contribution in [0.4, 0.5) is 0 Å². The predicted octanol–water partition coefficient (Wildman–Crippen LogP) is 5.28. The van der Waals surface area contributed by atoms with E-state index in [9.17, 15) is 9.67 Å². The minimum atomic E-state index is -3.16. The van der Waals surface area contributed by atoms with Crippen molar-refractivity contribution in [3.63, 3.8) is 0 Å². The molecule has 0 heterocycles. The van der Waals surface area contributed by atoms with E-state index < -0.39 is 7.14 Å². The highest BCUT2D eigenvalue weighted by Gasteiger charge is 2.32. The van der Waals surface area contributed by atoms with Crippen molar-refractivity contribution in [1.29, 1.82) is 0 Å². The lowest BCUT2D eigenvalue weighted by atomic mass is 10.0. The van der Waals surface area contributed by atoms with Crippen molar-refractivity contribution in [2.24, 2.45) is 0 Å². The summed E-state index contributed by atoms with van der Waals surface area (Å²) in [7, 11) is -3.16. The molecular formula is C24H27O2P. The van der Waals surface area contributed by atoms with Crippen LogP contribution in [0.15, 0.2) is 72.8 Å². The van der Waals surface area contributed by atoms with Crippen molar-refractivity contribution in [2.75, 3.05) is 0 Å². The Kier molecular flexibility index (Phi) is 5.58. The fourth-order valence-electron chi connectivity index (χ4n) is 3.30. The van der Waals surface area contributed by atoms with Crippen molar-refractivity contribution in [3.8, 4) is 5.75 Å². The number of phenols is 1. The maximum absolute atomic E-state index is 14.4. The van der Waals surface area contributed by atoms with Gasteiger partial charge in [-0.05, 0) is 35.1 Å². The number of aromatic hydroxyl groups is 1. The van der Waals surface area contributed by atoms with E-state index in [0.717, 1.165) is 10.6 Å². The van der Waals surface area contributed by atoms with Crippen molar-refractivity contribution < 1.29 is 9.67 Å². The molecule has 0 aliphatic heterocycles. The Morgan fingerprint density at radius 3 is 1.44 bits per heavy atom. The predicted molar refractivity (Wildman–Crippen MR) is 116 cm³/mol. The maximum Gasteiger partial charge on any atom is 0.174 e. The van der Waals surface area contributed by atoms with Gasteiger partial charge in [-0.2, -0.15) is 0 Å². The quantitative estimate of drug-likeness (QED) is 0.614. The number of benzene rings is 3. The highest BCUT2D eigenvalue weighted by atomic mass is 31.2. The molecule has 0 atom stereocenters. The Morgan fingerprint density at radius 2 is 1.07 bits per heavy atom. The fraction of sp³-hybridized carbons (Fsp3) is 0.250. The van der Waals surface area contributed by atoms with Gasteiger partial charge in [-0.1, -0.05) is 88.4 Å². The van der Waals surface area contributed by atoms with Gasteiger partial charge < -0.3 is 9.67 Å². The van der Waals surface area contributed by atoms with Gasteiger partial charge in [0.25, 0.3) is 0 Å². The van der Waals surface area contributed by atoms with E-state index in [2.05, 4.69) is 27.7 Å². The summed E-state index contributed by atoms with van der Waals surface area (Å²) in [6, 6.07) is 22.9. The van der Waals surface area contributed by atoms with E-state index in [1.807, 2.05) is 54.6 Å². The minimum Gasteiger partial charge on any atom is -0.507 e. The van der Waals surface area contributed by atoms with Crippen LogP contribution in [0.1, 0.15) is 50.7 Å². The zero-order valence-electron chi connectivity index (χ0n) is 16.4. The summed E-state index contributed by atoms with van der Waals surface area (Å²) >= 11 is 0. The van der Waals surface area contributed by atoms with E-state index in [4.69, 9.17) is 0 Å². The molecule has 3 rings (SSSR count). The molecule has 3 aromatic carbocycles. The fourth-order valence-corrected chi connectivity index (χ4v) is 5.98. The molecule has 0 radical (unpaired) electrons. The highest BCUT2D eigenvalue weighted by Crippen LogP contribution is 2.45. The molecule has 3 aromatic rings. The average Bonchev–Trinajstić information content (AvgIpc) is 2.68. The van der Waals surface area contributed by atoms with E-state index >= 15 is 0 Å². The van der Waals surface area contributed by atoms with Crippen molar-refractivity contribution in [1.82, 2.24) is 0 Å². The van der Waals surface area contributed by atoms with E-state index in [1.165, 1.54) is 11.1 Å². The molecule has 0 amide bonds. The molecule has 0 aromatic heterocycles. The zero-order chi connectivity index (χ0) is 19.6. The first kappa shape index (κ1) is 19.5. The lowest BCUT2D eigenvalue weighted by molar-refractivity contribution is 0.479. The molecule has 0 spiro atoms. The van der Waals surface area contributed by atoms with Crippen LogP contribution >= 0.6 is 7.14 Å². The normalized spacial score (nSPS) is 11.9. The standard InChI is InChI=1S/C24H27O2P/c1-17(2)19-9-13-21(14-10-19)27(26,24-8-6-5-7-23(24)25)22-15-11-20(12-16-22)18(3)4/h5-18,25H,1-4H3. The second-order valence-electron chi connectivity index (χ2n) is 7.59. The SMILES string of the molecule is CC(C)c1ccc(P(=O)(c2ccc(C(C)C)cc2)c2ccccc2O)cc1. The van der Waals surface area contributed by atoms with Gasteiger partial charge in [0.2, 0.25) is 0 Å². The molecule has 2 nitrogen and oxygen atoms in total. The molecule has 0 aliphatic rings. The molecular weight excluding hydrogens is 351 g/mol. The third-order valence-electron chi connectivity index (χ3n) is 5.07. The van der Waals surface area contributed by atoms with Crippen LogP contribution < -0.4 is 15.9 Å². The van der Waals surface area contributed by atoms with Crippen LogP contribution in [0, 0.1) is 0 Å². The van der Waals surface area contributed by atoms with Gasteiger partial charge in [0, 0.05) is 10.6 Å². The number of hydrogen-bond acceptors (Lipinski definition) is 2. The molecule has 0 aliphatic carbocycles. The van der Waals surface area contributed by atoms with Gasteiger partial charge in [-0.25, -0.2) is 0 Å². The topological polar surface area (TPSA) is 37.3 Å². The Balaban J connectivity index is 2.21. The second kappa shape index (κ2) is 7.74. The first-order chi connectivity index (χ1) is 12.8. The number of hydrogen-bond donors (Lipinski definition) is 1. The molecule has 0 unspecified atom stereocenters. The van der Waals surface area contributed by atoms with Crippen LogP contribution in [0.2, 0.25) is 0 Å². The summed E-state index contributed by atoms with van der Waals surface area (Å²) in [6.07, 6.45) is 0. The van der Waals surface area contributed by atoms with Crippen molar-refractivity contribution >= 4 is 23.1 Å². The van der Waals surface area contributed by atoms with E-state index in [0.29, 0.717) is 17.1 Å². The first-order valence-electron chi connectivity index (χ1n) is 9.43. The van der Waals surface area contributed by atoms with Crippen LogP contribution in [0.3, 0.4) is 0 Å². The number of rotatable bonds is 5. The molecule has 1 N–H and O–H groups in total. The lowest BCUT2D eigenvalue weighted by Gasteiger charge is -2.22. The third kappa shape index (κ3) is 3.73. The summed E-state index contributed by atoms with van der Waals surface area (Å²) in [6.45, 7) is 8.56. The highest BCUT2D eigenvalue weighted by molar-refractivity contribution is 7.85. The lowest BCUT2D eigenvalue weighted by Crippen LogP contribution is -2.25. The smallest absolute Gasteiger partial charge is 0.174 e. The van der Waals surface area contributed by atoms with Gasteiger partial charge in [-0.3, -0.25) is 0 Å². The van der Waals surface area contributed by atoms with Crippen LogP contribution in [-0.2, 0) is 4.57 Å². The van der Waals surface area contributed by atoms with Crippen LogP contribution in [-0.4, -0.2) is 5.11 Å². The minimum absolute atomic E-state index is 0.0710. The first-order valence-corrected chi connectivity index (χ1v) is 11.1. The summed E-state index contributed by atoms with van der Waals surface area (Å²) in [4.78, 5) is 0. The Bertz CT molecular complexity index is 899. The molecule has 0 saturated carbocycles. The third-order valence-corrected chi connectivity index (χ3v) is 8.18. The molecule has 0 saturated heterocycles. The summed E-state index contributed by atoms with van der Waals surface area (Å²) in [5.74, 6) is 0.893. The van der Waals surface area contributed by atoms with Gasteiger partial charge in [-0.15, -0.1) is 0 Å². The molecule has 140 valence electrons. The average molecular weight is 378 g/mol. The molecule has 27 heavy (non-hydrogen) atoms. The second-order valence-corrected chi connectivity index (χ2v) is 10.3. The van der Waals surface area contributed by atoms with Gasteiger partial charge in [0.1, 0.15) is 5.75 Å². The van der Waals surface area contributed by atoms with Gasteiger partial charge in [0.05, 0.1) is 5.30 Å². The summed E-state index contributed by atoms with van der Waals surface area (Å²) in [5.41, 5.74) is 2.41. The van der Waals surface area contributed by atoms with Crippen LogP contribution in [0.25, 0.3) is 0 Å². The van der Waals surface area contributed by atoms with Crippen molar-refractivity contribution in [3.05, 3.63) is 83.9 Å².